The Kier molecular flexibility index (Phi) is 2.34. The lowest BCUT2D eigenvalue weighted by molar-refractivity contribution is -0.132. The maximum Gasteiger partial charge on any atom is 0.336 e. The van der Waals surface area contributed by atoms with Crippen molar-refractivity contribution in [1.29, 1.82) is 0 Å². The highest BCUT2D eigenvalue weighted by atomic mass is 19.3. The highest BCUT2D eigenvalue weighted by molar-refractivity contribution is 5.93. The van der Waals surface area contributed by atoms with E-state index in [2.05, 4.69) is 0 Å². The van der Waals surface area contributed by atoms with Gasteiger partial charge in [-0.3, -0.25) is 0 Å². The second-order valence-electron chi connectivity index (χ2n) is 3.41. The Bertz CT molecular complexity index is 491. The maximum atomic E-state index is 13.9. The van der Waals surface area contributed by atoms with Crippen molar-refractivity contribution in [1.82, 2.24) is 0 Å². The Labute approximate surface area is 90.6 Å². The molecule has 0 aromatic rings. The van der Waals surface area contributed by atoms with Crippen molar-refractivity contribution >= 4 is 5.97 Å². The summed E-state index contributed by atoms with van der Waals surface area (Å²) in [5.41, 5.74) is -1.07. The van der Waals surface area contributed by atoms with Crippen molar-refractivity contribution in [3.63, 3.8) is 0 Å². The van der Waals surface area contributed by atoms with Gasteiger partial charge in [-0.25, -0.2) is 4.79 Å². The van der Waals surface area contributed by atoms with Gasteiger partial charge in [0, 0.05) is 11.1 Å². The molecule has 1 N–H and O–H groups in total. The zero-order valence-electron chi connectivity index (χ0n) is 8.15. The van der Waals surface area contributed by atoms with Crippen LogP contribution in [0.25, 0.3) is 0 Å². The van der Waals surface area contributed by atoms with Crippen LogP contribution in [0.1, 0.15) is 0 Å². The first-order valence-corrected chi connectivity index (χ1v) is 4.63. The van der Waals surface area contributed by atoms with Gasteiger partial charge in [-0.05, 0) is 6.08 Å². The average molecular weight is 222 g/mol. The van der Waals surface area contributed by atoms with E-state index >= 15 is 0 Å². The lowest BCUT2D eigenvalue weighted by Crippen LogP contribution is -2.24. The van der Waals surface area contributed by atoms with E-state index in [-0.39, 0.29) is 11.1 Å². The highest BCUT2D eigenvalue weighted by Gasteiger charge is 2.41. The largest absolute Gasteiger partial charge is 0.478 e. The van der Waals surface area contributed by atoms with Crippen LogP contribution in [0.2, 0.25) is 0 Å². The first-order valence-electron chi connectivity index (χ1n) is 4.63. The summed E-state index contributed by atoms with van der Waals surface area (Å²) in [5, 5.41) is 8.88. The number of allylic oxidation sites excluding steroid dienone is 8. The molecule has 16 heavy (non-hydrogen) atoms. The molecule has 0 heterocycles. The third-order valence-corrected chi connectivity index (χ3v) is 2.41. The number of fused-ring (bicyclic) bond motifs is 2. The second kappa shape index (κ2) is 3.56. The second-order valence-corrected chi connectivity index (χ2v) is 3.41. The number of carboxylic acids is 1. The van der Waals surface area contributed by atoms with Gasteiger partial charge in [0.25, 0.3) is 5.92 Å². The molecule has 2 aliphatic rings. The number of aliphatic carboxylic acids is 1. The summed E-state index contributed by atoms with van der Waals surface area (Å²) in [6.07, 6.45) is 9.01. The van der Waals surface area contributed by atoms with Crippen LogP contribution in [0.3, 0.4) is 0 Å². The SMILES string of the molecule is O=C(O)C1=CC=CC2=CC=CC=C1C2(F)F. The summed E-state index contributed by atoms with van der Waals surface area (Å²) in [4.78, 5) is 10.9. The van der Waals surface area contributed by atoms with Crippen LogP contribution in [0.5, 0.6) is 0 Å². The van der Waals surface area contributed by atoms with Crippen LogP contribution < -0.4 is 0 Å². The predicted molar refractivity (Wildman–Crippen MR) is 55.1 cm³/mol. The number of hydrogen-bond acceptors (Lipinski definition) is 1. The summed E-state index contributed by atoms with van der Waals surface area (Å²) in [5.74, 6) is -4.62. The quantitative estimate of drug-likeness (QED) is 0.740. The van der Waals surface area contributed by atoms with Crippen molar-refractivity contribution in [3.8, 4) is 0 Å². The minimum atomic E-state index is -3.26. The number of alkyl halides is 2. The van der Waals surface area contributed by atoms with E-state index in [1.54, 1.807) is 0 Å². The average Bonchev–Trinajstić information content (AvgIpc) is 2.43. The van der Waals surface area contributed by atoms with Gasteiger partial charge in [0.05, 0.1) is 5.57 Å². The fourth-order valence-electron chi connectivity index (χ4n) is 1.62. The molecule has 0 saturated carbocycles. The third-order valence-electron chi connectivity index (χ3n) is 2.41. The Morgan fingerprint density at radius 2 is 1.81 bits per heavy atom. The number of carboxylic acid groups (broad SMARTS) is 1. The number of hydrogen-bond donors (Lipinski definition) is 1. The van der Waals surface area contributed by atoms with E-state index in [4.69, 9.17) is 5.11 Å². The molecule has 2 aliphatic carbocycles. The Hall–Kier alpha value is -1.97. The standard InChI is InChI=1S/C12H8F2O2/c13-12(14)8-4-1-2-7-10(12)9(11(15)16)6-3-5-8/h1-7H,(H,15,16). The monoisotopic (exact) mass is 222 g/mol. The normalized spacial score (nSPS) is 21.5. The maximum absolute atomic E-state index is 13.9. The van der Waals surface area contributed by atoms with Crippen LogP contribution in [-0.2, 0) is 4.79 Å². The Morgan fingerprint density at radius 1 is 1.12 bits per heavy atom. The lowest BCUT2D eigenvalue weighted by atomic mass is 9.96. The first-order chi connectivity index (χ1) is 7.53. The van der Waals surface area contributed by atoms with E-state index in [9.17, 15) is 13.6 Å². The summed E-state index contributed by atoms with van der Waals surface area (Å²) < 4.78 is 27.8. The molecule has 0 aromatic carbocycles. The zero-order chi connectivity index (χ0) is 11.8. The van der Waals surface area contributed by atoms with Gasteiger partial charge >= 0.3 is 5.97 Å². The molecule has 4 heteroatoms. The molecule has 0 aromatic heterocycles. The molecule has 2 bridgehead atoms. The van der Waals surface area contributed by atoms with Crippen molar-refractivity contribution in [2.75, 3.05) is 0 Å². The third kappa shape index (κ3) is 1.52. The molecule has 0 atom stereocenters. The minimum absolute atomic E-state index is 0.208. The van der Waals surface area contributed by atoms with E-state index in [0.29, 0.717) is 0 Å². The summed E-state index contributed by atoms with van der Waals surface area (Å²) in [7, 11) is 0. The first kappa shape index (κ1) is 10.5. The van der Waals surface area contributed by atoms with Gasteiger partial charge < -0.3 is 5.11 Å². The number of carbonyl (C=O) groups is 1. The van der Waals surface area contributed by atoms with Gasteiger partial charge in [-0.2, -0.15) is 8.78 Å². The molecule has 0 spiro atoms. The van der Waals surface area contributed by atoms with E-state index in [1.807, 2.05) is 0 Å². The predicted octanol–water partition coefficient (Wildman–Crippen LogP) is 2.63. The summed E-state index contributed by atoms with van der Waals surface area (Å²) in [6.45, 7) is 0. The minimum Gasteiger partial charge on any atom is -0.478 e. The molecule has 0 unspecified atom stereocenters. The lowest BCUT2D eigenvalue weighted by Gasteiger charge is -2.19. The van der Waals surface area contributed by atoms with Crippen LogP contribution >= 0.6 is 0 Å². The highest BCUT2D eigenvalue weighted by Crippen LogP contribution is 2.40. The number of rotatable bonds is 1. The Balaban J connectivity index is 2.67. The van der Waals surface area contributed by atoms with Gasteiger partial charge in [0.1, 0.15) is 0 Å². The van der Waals surface area contributed by atoms with Crippen molar-refractivity contribution in [2.45, 2.75) is 5.92 Å². The molecule has 0 saturated heterocycles. The molecular weight excluding hydrogens is 214 g/mol. The van der Waals surface area contributed by atoms with Crippen molar-refractivity contribution < 1.29 is 18.7 Å². The molecule has 0 aliphatic heterocycles. The molecule has 0 amide bonds. The molecular formula is C12H8F2O2. The van der Waals surface area contributed by atoms with Gasteiger partial charge in [0.2, 0.25) is 0 Å². The summed E-state index contributed by atoms with van der Waals surface area (Å²) in [6, 6.07) is 0. The smallest absolute Gasteiger partial charge is 0.336 e. The van der Waals surface area contributed by atoms with Crippen LogP contribution in [-0.4, -0.2) is 17.0 Å². The van der Waals surface area contributed by atoms with E-state index < -0.39 is 17.5 Å². The number of halogens is 2. The van der Waals surface area contributed by atoms with Crippen LogP contribution in [0.15, 0.2) is 59.3 Å². The van der Waals surface area contributed by atoms with Crippen LogP contribution in [0.4, 0.5) is 8.78 Å². The molecule has 2 nitrogen and oxygen atoms in total. The van der Waals surface area contributed by atoms with Gasteiger partial charge in [0.15, 0.2) is 0 Å². The van der Waals surface area contributed by atoms with Crippen LogP contribution in [0, 0.1) is 0 Å². The molecule has 0 radical (unpaired) electrons. The molecule has 2 rings (SSSR count). The van der Waals surface area contributed by atoms with Gasteiger partial charge in [-0.15, -0.1) is 0 Å². The van der Waals surface area contributed by atoms with E-state index in [1.165, 1.54) is 36.5 Å². The zero-order valence-corrected chi connectivity index (χ0v) is 8.15. The topological polar surface area (TPSA) is 37.3 Å². The van der Waals surface area contributed by atoms with E-state index in [0.717, 1.165) is 6.08 Å². The van der Waals surface area contributed by atoms with Crippen molar-refractivity contribution in [2.24, 2.45) is 0 Å². The fraction of sp³-hybridized carbons (Fsp3) is 0.0833. The van der Waals surface area contributed by atoms with Crippen molar-refractivity contribution in [3.05, 3.63) is 59.3 Å². The summed E-state index contributed by atoms with van der Waals surface area (Å²) >= 11 is 0. The van der Waals surface area contributed by atoms with Gasteiger partial charge in [-0.1, -0.05) is 36.5 Å². The fourth-order valence-corrected chi connectivity index (χ4v) is 1.62. The molecule has 82 valence electrons. The Morgan fingerprint density at radius 3 is 2.50 bits per heavy atom. The molecule has 0 fully saturated rings.